The summed E-state index contributed by atoms with van der Waals surface area (Å²) in [6.45, 7) is 26.2. The Bertz CT molecular complexity index is 3880. The Hall–Kier alpha value is -6.28. The predicted octanol–water partition coefficient (Wildman–Crippen LogP) is 5.89. The van der Waals surface area contributed by atoms with Crippen LogP contribution in [-0.2, 0) is 143 Å². The average Bonchev–Trinajstić information content (AvgIpc) is 1.57. The molecule has 0 N–H and O–H groups in total. The second kappa shape index (κ2) is 30.5. The summed E-state index contributed by atoms with van der Waals surface area (Å²) in [4.78, 5) is 119. The molecule has 32 nitrogen and oxygen atoms in total. The van der Waals surface area contributed by atoms with Crippen LogP contribution >= 0.6 is 11.8 Å². The monoisotopic (exact) mass is 1630 g/mol. The molecule has 612 valence electrons. The molecule has 9 aliphatic heterocycles. The fourth-order valence-corrected chi connectivity index (χ4v) is 25.1. The normalized spacial score (nSPS) is 38.3. The molecule has 36 heteroatoms. The molecular formula is C74H102N2O30S4. The first-order valence-corrected chi connectivity index (χ1v) is 43.3. The number of ether oxygens (including phenoxy) is 11. The van der Waals surface area contributed by atoms with Crippen LogP contribution in [0.5, 0.6) is 0 Å². The van der Waals surface area contributed by atoms with Gasteiger partial charge in [-0.15, -0.1) is 11.8 Å². The van der Waals surface area contributed by atoms with Crippen molar-refractivity contribution >= 4 is 102 Å². The lowest BCUT2D eigenvalue weighted by Crippen LogP contribution is -2.42. The van der Waals surface area contributed by atoms with Crippen molar-refractivity contribution in [2.24, 2.45) is 79.3 Å². The van der Waals surface area contributed by atoms with Crippen molar-refractivity contribution in [2.75, 3.05) is 26.4 Å². The fourth-order valence-electron chi connectivity index (χ4n) is 17.5. The highest BCUT2D eigenvalue weighted by Gasteiger charge is 2.74. The molecule has 110 heavy (non-hydrogen) atoms. The Morgan fingerprint density at radius 3 is 1.38 bits per heavy atom. The van der Waals surface area contributed by atoms with Crippen LogP contribution in [0.15, 0.2) is 0 Å². The summed E-state index contributed by atoms with van der Waals surface area (Å²) in [6.07, 6.45) is 1.66. The van der Waals surface area contributed by atoms with Crippen molar-refractivity contribution in [1.29, 1.82) is 10.5 Å². The van der Waals surface area contributed by atoms with Crippen LogP contribution in [-0.4, -0.2) is 205 Å². The van der Waals surface area contributed by atoms with E-state index in [0.717, 1.165) is 19.3 Å². The Balaban J connectivity index is 0.000000136. The van der Waals surface area contributed by atoms with Crippen LogP contribution in [0.4, 0.5) is 0 Å². The molecule has 9 heterocycles. The van der Waals surface area contributed by atoms with E-state index in [4.69, 9.17) is 64.7 Å². The zero-order valence-electron chi connectivity index (χ0n) is 64.6. The van der Waals surface area contributed by atoms with Gasteiger partial charge in [0.1, 0.15) is 65.4 Å². The molecular weight excluding hydrogens is 1530 g/mol. The number of hydrogen-bond acceptors (Lipinski definition) is 33. The zero-order valence-corrected chi connectivity index (χ0v) is 67.8. The van der Waals surface area contributed by atoms with E-state index in [1.165, 1.54) is 11.8 Å². The summed E-state index contributed by atoms with van der Waals surface area (Å²) in [7, 11) is -10.7. The molecule has 10 bridgehead atoms. The number of fused-ring (bicyclic) bond motifs is 5. The number of nitriles is 2. The van der Waals surface area contributed by atoms with Crippen molar-refractivity contribution in [1.82, 2.24) is 0 Å². The third-order valence-corrected chi connectivity index (χ3v) is 33.4. The number of esters is 10. The summed E-state index contributed by atoms with van der Waals surface area (Å²) in [6, 6.07) is 4.34. The summed E-state index contributed by atoms with van der Waals surface area (Å²) in [5, 5.41) is 16.8. The Labute approximate surface area is 645 Å². The maximum absolute atomic E-state index is 12.2. The summed E-state index contributed by atoms with van der Waals surface area (Å²) < 4.78 is 144. The van der Waals surface area contributed by atoms with Gasteiger partial charge in [0.15, 0.2) is 36.8 Å². The van der Waals surface area contributed by atoms with Crippen LogP contribution in [0.25, 0.3) is 0 Å². The predicted molar refractivity (Wildman–Crippen MR) is 378 cm³/mol. The molecule has 0 amide bonds. The van der Waals surface area contributed by atoms with Crippen molar-refractivity contribution < 1.29 is 138 Å². The lowest BCUT2D eigenvalue weighted by Gasteiger charge is -2.30. The van der Waals surface area contributed by atoms with Gasteiger partial charge in [-0.1, -0.05) is 34.6 Å². The first-order chi connectivity index (χ1) is 51.2. The average molecular weight is 1630 g/mol. The fraction of sp³-hybridized carbons (Fsp3) is 0.838. The minimum absolute atomic E-state index is 0.0112. The summed E-state index contributed by atoms with van der Waals surface area (Å²) >= 11 is 1.51. The molecule has 6 saturated carbocycles. The topological polar surface area (TPSA) is 450 Å². The van der Waals surface area contributed by atoms with E-state index >= 15 is 0 Å². The molecule has 0 spiro atoms. The van der Waals surface area contributed by atoms with Crippen LogP contribution in [0, 0.1) is 102 Å². The van der Waals surface area contributed by atoms with E-state index in [1.807, 2.05) is 62.3 Å². The summed E-state index contributed by atoms with van der Waals surface area (Å²) in [5.41, 5.74) is -4.89. The van der Waals surface area contributed by atoms with Crippen molar-refractivity contribution in [3.63, 3.8) is 0 Å². The SMILES string of the molecule is CCC(C)(C)C(=O)OC1C2CC3C1OC(=O)C3(C#N)C2.CCC(C)(C)C(=O)OCC(=O)OC1C2CC3C(O2)C1OS3(=O)=O.CCC(C)(C)C(=O)OCC(=O)OC1C2CC3C(S2)C1OS3(=O)=O.CCC(C)(C)C(=O)OCC(=O)OC1C2CC3C1OS(=O)(=O)C3C2.CCC(C)(C)C(=O)OCC1C2CC3C1OC(=O)C3(C#N)C2. The highest BCUT2D eigenvalue weighted by Crippen LogP contribution is 2.65. The van der Waals surface area contributed by atoms with Gasteiger partial charge in [0.2, 0.25) is 0 Å². The quantitative estimate of drug-likeness (QED) is 0.0692. The largest absolute Gasteiger partial charge is 0.465 e. The number of carbonyl (C=O) groups is 10. The second-order valence-electron chi connectivity index (χ2n) is 34.9. The number of nitrogens with zero attached hydrogens (tertiary/aromatic N) is 2. The van der Waals surface area contributed by atoms with E-state index in [9.17, 15) is 83.7 Å². The number of hydrogen-bond donors (Lipinski definition) is 0. The molecule has 0 aromatic heterocycles. The molecule has 6 aliphatic carbocycles. The maximum Gasteiger partial charge on any atom is 0.344 e. The first-order valence-electron chi connectivity index (χ1n) is 38.0. The highest BCUT2D eigenvalue weighted by molar-refractivity contribution is 8.03. The minimum Gasteiger partial charge on any atom is -0.465 e. The van der Waals surface area contributed by atoms with Crippen LogP contribution in [0.2, 0.25) is 0 Å². The van der Waals surface area contributed by atoms with Crippen molar-refractivity contribution in [3.05, 3.63) is 0 Å². The molecule has 15 rings (SSSR count). The Morgan fingerprint density at radius 2 is 0.864 bits per heavy atom. The Morgan fingerprint density at radius 1 is 0.445 bits per heavy atom. The number of carbonyl (C=O) groups excluding carboxylic acids is 10. The number of thioether (sulfide) groups is 1. The molecule has 25 unspecified atom stereocenters. The van der Waals surface area contributed by atoms with Gasteiger partial charge in [0.05, 0.1) is 62.4 Å². The zero-order chi connectivity index (χ0) is 81.1. The molecule has 15 aliphatic rings. The minimum atomic E-state index is -3.65. The molecule has 0 aromatic rings. The third kappa shape index (κ3) is 15.3. The molecule has 0 radical (unpaired) electrons. The molecule has 15 fully saturated rings. The van der Waals surface area contributed by atoms with Crippen LogP contribution in [0.3, 0.4) is 0 Å². The van der Waals surface area contributed by atoms with E-state index in [-0.39, 0.29) is 88.5 Å². The van der Waals surface area contributed by atoms with Gasteiger partial charge in [0, 0.05) is 40.8 Å². The van der Waals surface area contributed by atoms with Gasteiger partial charge >= 0.3 is 59.7 Å². The molecule has 0 aromatic carbocycles. The smallest absolute Gasteiger partial charge is 0.344 e. The molecule has 25 atom stereocenters. The van der Waals surface area contributed by atoms with Gasteiger partial charge in [-0.25, -0.2) is 14.4 Å². The van der Waals surface area contributed by atoms with Gasteiger partial charge in [-0.05, 0) is 159 Å². The van der Waals surface area contributed by atoms with E-state index in [2.05, 4.69) is 12.1 Å². The third-order valence-electron chi connectivity index (χ3n) is 26.4. The van der Waals surface area contributed by atoms with Gasteiger partial charge < -0.3 is 52.1 Å². The van der Waals surface area contributed by atoms with E-state index in [0.29, 0.717) is 64.4 Å². The van der Waals surface area contributed by atoms with Crippen LogP contribution < -0.4 is 0 Å². The van der Waals surface area contributed by atoms with E-state index in [1.54, 1.807) is 41.5 Å². The van der Waals surface area contributed by atoms with Crippen molar-refractivity contribution in [3.8, 4) is 12.1 Å². The van der Waals surface area contributed by atoms with Gasteiger partial charge in [0.25, 0.3) is 30.4 Å². The van der Waals surface area contributed by atoms with Gasteiger partial charge in [-0.3, -0.25) is 46.1 Å². The van der Waals surface area contributed by atoms with E-state index < -0.39 is 201 Å². The second-order valence-corrected chi connectivity index (χ2v) is 41.6. The van der Waals surface area contributed by atoms with Crippen LogP contribution in [0.1, 0.15) is 187 Å². The number of rotatable bonds is 22. The summed E-state index contributed by atoms with van der Waals surface area (Å²) in [5.74, 6) is -4.52. The van der Waals surface area contributed by atoms with Crippen molar-refractivity contribution in [2.45, 2.75) is 281 Å². The lowest BCUT2D eigenvalue weighted by atomic mass is 9.72. The maximum atomic E-state index is 12.2. The standard InChI is InChI=1S/C16H21NO4.C15H19NO4.C15H22O7S.C14H20O8S.C14H20O7S2/c1-4-15(2,3)13(18)20-7-10-9-5-11-12(10)21-14(19)16(11,6-9)8-17;1-4-14(2,3)12(17)19-10-8-5-9-11(10)20-13(18)15(9,6-8)7-16;1-4-15(2,3)14(17)20-7-11(16)21-12-8-5-9-10(6-8)23(18,19)22-13(9)12;1-4-14(2,3)13(16)19-6-9(15)21-10-7-5-8-11(20-7)12(10)22-23(8,17)18;1-4-14(2,3)13(16)19-6-9(15)20-10-7-5-8-12(22-7)11(10)21-23(8,17)18/h9-12H,4-7H2,1-3H3;8-11H,4-6H2,1-3H3;8-10,12-13H,4-7H2,1-3H3;2*7-8,10-12H,4-6H2,1-3H3. The van der Waals surface area contributed by atoms with Gasteiger partial charge in [-0.2, -0.15) is 35.8 Å². The Kier molecular flexibility index (Phi) is 23.5. The first kappa shape index (κ1) is 84.6. The lowest BCUT2D eigenvalue weighted by molar-refractivity contribution is -0.171. The highest BCUT2D eigenvalue weighted by atomic mass is 32.2. The molecule has 9 saturated heterocycles.